The van der Waals surface area contributed by atoms with E-state index < -0.39 is 5.91 Å². The molecule has 0 fully saturated rings. The molecule has 1 aromatic carbocycles. The van der Waals surface area contributed by atoms with Gasteiger partial charge in [-0.15, -0.1) is 0 Å². The highest BCUT2D eigenvalue weighted by Crippen LogP contribution is 2.19. The van der Waals surface area contributed by atoms with Crippen molar-refractivity contribution in [3.63, 3.8) is 0 Å². The summed E-state index contributed by atoms with van der Waals surface area (Å²) in [5.41, 5.74) is 12.8. The summed E-state index contributed by atoms with van der Waals surface area (Å²) in [5, 5.41) is 3.21. The Balaban J connectivity index is 2.84. The van der Waals surface area contributed by atoms with Gasteiger partial charge in [-0.3, -0.25) is 4.79 Å². The maximum atomic E-state index is 11.2. The Labute approximate surface area is 96.0 Å². The number of carbonyl (C=O) groups excluding carboxylic acids is 1. The fraction of sp³-hybridized carbons (Fsp3) is 0.417. The molecular weight excluding hydrogens is 202 g/mol. The van der Waals surface area contributed by atoms with Gasteiger partial charge in [-0.25, -0.2) is 0 Å². The second-order valence-corrected chi connectivity index (χ2v) is 4.06. The van der Waals surface area contributed by atoms with Crippen molar-refractivity contribution < 1.29 is 4.79 Å². The monoisotopic (exact) mass is 221 g/mol. The van der Waals surface area contributed by atoms with Gasteiger partial charge < -0.3 is 16.8 Å². The van der Waals surface area contributed by atoms with Gasteiger partial charge in [0.15, 0.2) is 0 Å². The number of rotatable bonds is 5. The Morgan fingerprint density at radius 1 is 1.50 bits per heavy atom. The van der Waals surface area contributed by atoms with Crippen molar-refractivity contribution in [3.05, 3.63) is 23.8 Å². The number of anilines is 2. The summed E-state index contributed by atoms with van der Waals surface area (Å²) in [6.45, 7) is 5.07. The number of nitrogens with one attached hydrogen (secondary N) is 1. The van der Waals surface area contributed by atoms with Gasteiger partial charge in [0.05, 0.1) is 5.56 Å². The van der Waals surface area contributed by atoms with Crippen LogP contribution in [0, 0.1) is 5.92 Å². The molecule has 0 saturated heterocycles. The van der Waals surface area contributed by atoms with Crippen molar-refractivity contribution in [2.75, 3.05) is 17.6 Å². The van der Waals surface area contributed by atoms with E-state index in [2.05, 4.69) is 19.2 Å². The number of primary amides is 1. The topological polar surface area (TPSA) is 81.1 Å². The number of carbonyl (C=O) groups is 1. The largest absolute Gasteiger partial charge is 0.399 e. The molecule has 0 aliphatic carbocycles. The second-order valence-electron chi connectivity index (χ2n) is 4.06. The lowest BCUT2D eigenvalue weighted by atomic mass is 10.1. The fourth-order valence-corrected chi connectivity index (χ4v) is 1.35. The lowest BCUT2D eigenvalue weighted by molar-refractivity contribution is 0.100. The van der Waals surface area contributed by atoms with Crippen LogP contribution in [-0.2, 0) is 0 Å². The second kappa shape index (κ2) is 5.39. The number of nitrogens with two attached hydrogens (primary N) is 2. The fourth-order valence-electron chi connectivity index (χ4n) is 1.35. The first-order chi connectivity index (χ1) is 7.54. The normalized spacial score (nSPS) is 12.1. The van der Waals surface area contributed by atoms with E-state index in [1.165, 1.54) is 0 Å². The molecule has 88 valence electrons. The van der Waals surface area contributed by atoms with Crippen LogP contribution >= 0.6 is 0 Å². The minimum Gasteiger partial charge on any atom is -0.399 e. The Kier molecular flexibility index (Phi) is 4.17. The number of hydrogen-bond donors (Lipinski definition) is 3. The van der Waals surface area contributed by atoms with Crippen LogP contribution in [0.1, 0.15) is 30.6 Å². The van der Waals surface area contributed by atoms with E-state index in [0.29, 0.717) is 22.9 Å². The smallest absolute Gasteiger partial charge is 0.250 e. The number of nitrogen functional groups attached to an aromatic ring is 1. The zero-order valence-corrected chi connectivity index (χ0v) is 9.79. The van der Waals surface area contributed by atoms with Crippen LogP contribution in [0.4, 0.5) is 11.4 Å². The molecule has 0 radical (unpaired) electrons. The molecule has 1 rings (SSSR count). The van der Waals surface area contributed by atoms with Crippen LogP contribution in [0.5, 0.6) is 0 Å². The van der Waals surface area contributed by atoms with Gasteiger partial charge in [-0.2, -0.15) is 0 Å². The molecule has 1 unspecified atom stereocenters. The van der Waals surface area contributed by atoms with Crippen LogP contribution in [0.25, 0.3) is 0 Å². The molecule has 0 aromatic heterocycles. The van der Waals surface area contributed by atoms with Gasteiger partial charge >= 0.3 is 0 Å². The summed E-state index contributed by atoms with van der Waals surface area (Å²) >= 11 is 0. The number of benzene rings is 1. The predicted molar refractivity (Wildman–Crippen MR) is 67.3 cm³/mol. The summed E-state index contributed by atoms with van der Waals surface area (Å²) in [5.74, 6) is 0.105. The van der Waals surface area contributed by atoms with Crippen molar-refractivity contribution in [1.29, 1.82) is 0 Å². The van der Waals surface area contributed by atoms with E-state index >= 15 is 0 Å². The van der Waals surface area contributed by atoms with E-state index in [4.69, 9.17) is 11.5 Å². The highest BCUT2D eigenvalue weighted by Gasteiger charge is 2.08. The van der Waals surface area contributed by atoms with Crippen LogP contribution in [0.3, 0.4) is 0 Å². The molecule has 1 atom stereocenters. The zero-order chi connectivity index (χ0) is 12.1. The van der Waals surface area contributed by atoms with E-state index in [-0.39, 0.29) is 0 Å². The Morgan fingerprint density at radius 2 is 2.19 bits per heavy atom. The van der Waals surface area contributed by atoms with Gasteiger partial charge in [0.1, 0.15) is 0 Å². The molecule has 0 aliphatic heterocycles. The van der Waals surface area contributed by atoms with E-state index in [0.717, 1.165) is 13.0 Å². The third-order valence-electron chi connectivity index (χ3n) is 2.65. The average molecular weight is 221 g/mol. The Hall–Kier alpha value is -1.71. The van der Waals surface area contributed by atoms with E-state index in [9.17, 15) is 4.79 Å². The van der Waals surface area contributed by atoms with Gasteiger partial charge in [0, 0.05) is 17.9 Å². The van der Waals surface area contributed by atoms with Crippen LogP contribution in [0.2, 0.25) is 0 Å². The van der Waals surface area contributed by atoms with Crippen molar-refractivity contribution >= 4 is 17.3 Å². The van der Waals surface area contributed by atoms with Gasteiger partial charge in [-0.05, 0) is 24.1 Å². The van der Waals surface area contributed by atoms with Gasteiger partial charge in [0.2, 0.25) is 0 Å². The standard InChI is InChI=1S/C12H19N3O/c1-3-8(2)7-15-11-6-9(13)4-5-10(11)12(14)16/h4-6,8,15H,3,7,13H2,1-2H3,(H2,14,16). The van der Waals surface area contributed by atoms with Gasteiger partial charge in [0.25, 0.3) is 5.91 Å². The lowest BCUT2D eigenvalue weighted by Crippen LogP contribution is -2.17. The molecule has 16 heavy (non-hydrogen) atoms. The summed E-state index contributed by atoms with van der Waals surface area (Å²) in [6, 6.07) is 5.06. The van der Waals surface area contributed by atoms with Crippen LogP contribution in [-0.4, -0.2) is 12.5 Å². The van der Waals surface area contributed by atoms with E-state index in [1.54, 1.807) is 18.2 Å². The molecule has 0 heterocycles. The summed E-state index contributed by atoms with van der Waals surface area (Å²) < 4.78 is 0. The van der Waals surface area contributed by atoms with Crippen LogP contribution in [0.15, 0.2) is 18.2 Å². The first kappa shape index (κ1) is 12.4. The molecule has 0 spiro atoms. The predicted octanol–water partition coefficient (Wildman–Crippen LogP) is 1.83. The minimum atomic E-state index is -0.438. The highest BCUT2D eigenvalue weighted by atomic mass is 16.1. The van der Waals surface area contributed by atoms with Gasteiger partial charge in [-0.1, -0.05) is 20.3 Å². The molecule has 0 saturated carbocycles. The molecule has 5 N–H and O–H groups in total. The molecule has 1 aromatic rings. The molecule has 0 aliphatic rings. The van der Waals surface area contributed by atoms with Crippen molar-refractivity contribution in [1.82, 2.24) is 0 Å². The Morgan fingerprint density at radius 3 is 2.75 bits per heavy atom. The van der Waals surface area contributed by atoms with Crippen molar-refractivity contribution in [2.45, 2.75) is 20.3 Å². The summed E-state index contributed by atoms with van der Waals surface area (Å²) in [4.78, 5) is 11.2. The molecule has 1 amide bonds. The van der Waals surface area contributed by atoms with Crippen molar-refractivity contribution in [3.8, 4) is 0 Å². The SMILES string of the molecule is CCC(C)CNc1cc(N)ccc1C(N)=O. The quantitative estimate of drug-likeness (QED) is 0.663. The van der Waals surface area contributed by atoms with E-state index in [1.807, 2.05) is 0 Å². The summed E-state index contributed by atoms with van der Waals surface area (Å²) in [6.07, 6.45) is 1.08. The maximum absolute atomic E-state index is 11.2. The van der Waals surface area contributed by atoms with Crippen molar-refractivity contribution in [2.24, 2.45) is 11.7 Å². The Bertz CT molecular complexity index is 377. The average Bonchev–Trinajstić information content (AvgIpc) is 2.25. The lowest BCUT2D eigenvalue weighted by Gasteiger charge is -2.14. The third kappa shape index (κ3) is 3.15. The number of hydrogen-bond acceptors (Lipinski definition) is 3. The zero-order valence-electron chi connectivity index (χ0n) is 9.79. The summed E-state index contributed by atoms with van der Waals surface area (Å²) in [7, 11) is 0. The molecule has 0 bridgehead atoms. The minimum absolute atomic E-state index is 0.438. The first-order valence-corrected chi connectivity index (χ1v) is 5.47. The molecular formula is C12H19N3O. The number of amides is 1. The first-order valence-electron chi connectivity index (χ1n) is 5.47. The molecule has 4 nitrogen and oxygen atoms in total. The highest BCUT2D eigenvalue weighted by molar-refractivity contribution is 5.99. The third-order valence-corrected chi connectivity index (χ3v) is 2.65. The molecule has 4 heteroatoms. The maximum Gasteiger partial charge on any atom is 0.250 e. The van der Waals surface area contributed by atoms with Crippen LogP contribution < -0.4 is 16.8 Å².